The summed E-state index contributed by atoms with van der Waals surface area (Å²) in [5, 5.41) is 2.77. The number of hydrogen-bond acceptors (Lipinski definition) is 3. The van der Waals surface area contributed by atoms with Gasteiger partial charge in [-0.25, -0.2) is 0 Å². The van der Waals surface area contributed by atoms with Crippen LogP contribution < -0.4 is 5.32 Å². The lowest BCUT2D eigenvalue weighted by Gasteiger charge is -2.06. The van der Waals surface area contributed by atoms with Gasteiger partial charge in [-0.05, 0) is 37.5 Å². The lowest BCUT2D eigenvalue weighted by Crippen LogP contribution is -2.15. The molecule has 0 aromatic heterocycles. The second-order valence-electron chi connectivity index (χ2n) is 5.72. The Labute approximate surface area is 142 Å². The minimum absolute atomic E-state index is 0.100. The summed E-state index contributed by atoms with van der Waals surface area (Å²) in [6.45, 7) is 2.37. The number of hydrogen-bond donors (Lipinski definition) is 1. The molecule has 24 heavy (non-hydrogen) atoms. The molecular formula is C20H23NO3. The molecule has 4 nitrogen and oxygen atoms in total. The van der Waals surface area contributed by atoms with Crippen molar-refractivity contribution < 1.29 is 14.3 Å². The van der Waals surface area contributed by atoms with Crippen LogP contribution in [0.1, 0.15) is 30.4 Å². The Morgan fingerprint density at radius 2 is 1.67 bits per heavy atom. The molecule has 0 atom stereocenters. The molecule has 126 valence electrons. The highest BCUT2D eigenvalue weighted by Gasteiger charge is 2.08. The Morgan fingerprint density at radius 3 is 2.38 bits per heavy atom. The first-order chi connectivity index (χ1) is 11.6. The van der Waals surface area contributed by atoms with Crippen molar-refractivity contribution in [3.8, 4) is 0 Å². The summed E-state index contributed by atoms with van der Waals surface area (Å²) in [6.07, 6.45) is 1.89. The molecule has 0 aliphatic carbocycles. The van der Waals surface area contributed by atoms with Crippen LogP contribution in [0.5, 0.6) is 0 Å². The molecule has 0 saturated carbocycles. The van der Waals surface area contributed by atoms with E-state index in [1.54, 1.807) is 0 Å². The summed E-state index contributed by atoms with van der Waals surface area (Å²) in [4.78, 5) is 23.5. The van der Waals surface area contributed by atoms with Gasteiger partial charge in [-0.15, -0.1) is 0 Å². The lowest BCUT2D eigenvalue weighted by molar-refractivity contribution is -0.144. The monoisotopic (exact) mass is 325 g/mol. The zero-order valence-corrected chi connectivity index (χ0v) is 14.0. The van der Waals surface area contributed by atoms with Crippen molar-refractivity contribution in [2.24, 2.45) is 0 Å². The summed E-state index contributed by atoms with van der Waals surface area (Å²) in [7, 11) is 0. The van der Waals surface area contributed by atoms with E-state index in [1.165, 1.54) is 5.56 Å². The van der Waals surface area contributed by atoms with Crippen molar-refractivity contribution in [1.82, 2.24) is 0 Å². The molecular weight excluding hydrogens is 302 g/mol. The predicted octanol–water partition coefficient (Wildman–Crippen LogP) is 3.89. The van der Waals surface area contributed by atoms with Crippen LogP contribution in [-0.2, 0) is 20.7 Å². The highest BCUT2D eigenvalue weighted by atomic mass is 16.5. The van der Waals surface area contributed by atoms with Gasteiger partial charge in [0.25, 0.3) is 0 Å². The van der Waals surface area contributed by atoms with Gasteiger partial charge in [0, 0.05) is 12.1 Å². The van der Waals surface area contributed by atoms with Crippen molar-refractivity contribution in [2.45, 2.75) is 32.6 Å². The molecule has 2 aromatic rings. The molecule has 0 fully saturated rings. The van der Waals surface area contributed by atoms with Crippen molar-refractivity contribution >= 4 is 17.6 Å². The molecule has 0 radical (unpaired) electrons. The fourth-order valence-corrected chi connectivity index (χ4v) is 2.26. The third kappa shape index (κ3) is 6.65. The fraction of sp³-hybridized carbons (Fsp3) is 0.300. The van der Waals surface area contributed by atoms with E-state index < -0.39 is 0 Å². The molecule has 0 spiro atoms. The van der Waals surface area contributed by atoms with Crippen LogP contribution in [0.2, 0.25) is 0 Å². The largest absolute Gasteiger partial charge is 0.466 e. The highest BCUT2D eigenvalue weighted by molar-refractivity contribution is 5.92. The van der Waals surface area contributed by atoms with Crippen LogP contribution in [0.4, 0.5) is 5.69 Å². The molecule has 0 saturated heterocycles. The Balaban J connectivity index is 1.58. The van der Waals surface area contributed by atoms with E-state index >= 15 is 0 Å². The average Bonchev–Trinajstić information content (AvgIpc) is 2.60. The summed E-state index contributed by atoms with van der Waals surface area (Å²) >= 11 is 0. The molecule has 2 rings (SSSR count). The van der Waals surface area contributed by atoms with Gasteiger partial charge >= 0.3 is 5.97 Å². The highest BCUT2D eigenvalue weighted by Crippen LogP contribution is 2.09. The first-order valence-electron chi connectivity index (χ1n) is 8.19. The number of carbonyl (C=O) groups is 2. The van der Waals surface area contributed by atoms with E-state index in [2.05, 4.69) is 17.4 Å². The van der Waals surface area contributed by atoms with Crippen molar-refractivity contribution in [1.29, 1.82) is 0 Å². The van der Waals surface area contributed by atoms with Crippen molar-refractivity contribution in [3.63, 3.8) is 0 Å². The second-order valence-corrected chi connectivity index (χ2v) is 5.72. The minimum Gasteiger partial charge on any atom is -0.466 e. The maximum Gasteiger partial charge on any atom is 0.306 e. The van der Waals surface area contributed by atoms with Crippen LogP contribution >= 0.6 is 0 Å². The zero-order chi connectivity index (χ0) is 17.2. The number of esters is 1. The molecule has 1 N–H and O–H groups in total. The standard InChI is InChI=1S/C20H23NO3/c1-16-9-11-18(12-10-16)21-19(22)13-14-20(23)24-15-5-8-17-6-3-2-4-7-17/h2-4,6-7,9-12H,5,8,13-15H2,1H3,(H,21,22). The van der Waals surface area contributed by atoms with Crippen LogP contribution in [0.15, 0.2) is 54.6 Å². The second kappa shape index (κ2) is 9.50. The Morgan fingerprint density at radius 1 is 0.958 bits per heavy atom. The number of ether oxygens (including phenoxy) is 1. The SMILES string of the molecule is Cc1ccc(NC(=O)CCC(=O)OCCCc2ccccc2)cc1. The van der Waals surface area contributed by atoms with E-state index in [1.807, 2.05) is 49.4 Å². The maximum absolute atomic E-state index is 11.8. The first-order valence-corrected chi connectivity index (χ1v) is 8.19. The Hall–Kier alpha value is -2.62. The minimum atomic E-state index is -0.331. The number of amides is 1. The van der Waals surface area contributed by atoms with E-state index in [0.29, 0.717) is 6.61 Å². The van der Waals surface area contributed by atoms with E-state index in [-0.39, 0.29) is 24.7 Å². The predicted molar refractivity (Wildman–Crippen MR) is 94.8 cm³/mol. The van der Waals surface area contributed by atoms with Crippen LogP contribution in [0, 0.1) is 6.92 Å². The van der Waals surface area contributed by atoms with Crippen LogP contribution in [0.25, 0.3) is 0 Å². The third-order valence-corrected chi connectivity index (χ3v) is 3.61. The van der Waals surface area contributed by atoms with Gasteiger partial charge in [0.15, 0.2) is 0 Å². The Kier molecular flexibility index (Phi) is 7.02. The molecule has 4 heteroatoms. The molecule has 0 heterocycles. The van der Waals surface area contributed by atoms with Gasteiger partial charge in [0.1, 0.15) is 0 Å². The van der Waals surface area contributed by atoms with E-state index in [4.69, 9.17) is 4.74 Å². The molecule has 0 unspecified atom stereocenters. The van der Waals surface area contributed by atoms with Gasteiger partial charge < -0.3 is 10.1 Å². The summed E-state index contributed by atoms with van der Waals surface area (Å²) < 4.78 is 5.16. The van der Waals surface area contributed by atoms with Gasteiger partial charge in [0.05, 0.1) is 13.0 Å². The van der Waals surface area contributed by atoms with Crippen LogP contribution in [-0.4, -0.2) is 18.5 Å². The van der Waals surface area contributed by atoms with Crippen molar-refractivity contribution in [2.75, 3.05) is 11.9 Å². The average molecular weight is 325 g/mol. The van der Waals surface area contributed by atoms with Gasteiger partial charge in [-0.2, -0.15) is 0 Å². The number of benzene rings is 2. The van der Waals surface area contributed by atoms with Crippen molar-refractivity contribution in [3.05, 3.63) is 65.7 Å². The topological polar surface area (TPSA) is 55.4 Å². The lowest BCUT2D eigenvalue weighted by atomic mass is 10.1. The third-order valence-electron chi connectivity index (χ3n) is 3.61. The number of carbonyl (C=O) groups excluding carboxylic acids is 2. The van der Waals surface area contributed by atoms with Gasteiger partial charge in [-0.1, -0.05) is 48.0 Å². The number of anilines is 1. The fourth-order valence-electron chi connectivity index (χ4n) is 2.26. The zero-order valence-electron chi connectivity index (χ0n) is 14.0. The number of nitrogens with one attached hydrogen (secondary N) is 1. The molecule has 0 bridgehead atoms. The first kappa shape index (κ1) is 17.7. The Bertz CT molecular complexity index is 650. The van der Waals surface area contributed by atoms with E-state index in [0.717, 1.165) is 24.1 Å². The number of rotatable bonds is 8. The van der Waals surface area contributed by atoms with Crippen LogP contribution in [0.3, 0.4) is 0 Å². The number of aryl methyl sites for hydroxylation is 2. The summed E-state index contributed by atoms with van der Waals surface area (Å²) in [6, 6.07) is 17.6. The van der Waals surface area contributed by atoms with Gasteiger partial charge in [-0.3, -0.25) is 9.59 Å². The normalized spacial score (nSPS) is 10.2. The quantitative estimate of drug-likeness (QED) is 0.592. The van der Waals surface area contributed by atoms with Gasteiger partial charge in [0.2, 0.25) is 5.91 Å². The van der Waals surface area contributed by atoms with E-state index in [9.17, 15) is 9.59 Å². The summed E-state index contributed by atoms with van der Waals surface area (Å²) in [5.74, 6) is -0.512. The maximum atomic E-state index is 11.8. The molecule has 2 aromatic carbocycles. The molecule has 0 aliphatic rings. The summed E-state index contributed by atoms with van der Waals surface area (Å²) in [5.41, 5.74) is 3.10. The smallest absolute Gasteiger partial charge is 0.306 e. The molecule has 0 aliphatic heterocycles. The molecule has 1 amide bonds.